The minimum absolute atomic E-state index is 0.0236. The molecule has 134 valence electrons. The van der Waals surface area contributed by atoms with E-state index in [0.717, 1.165) is 61.1 Å². The monoisotopic (exact) mass is 342 g/mol. The van der Waals surface area contributed by atoms with E-state index in [1.165, 1.54) is 6.42 Å². The number of nitrogens with zero attached hydrogens (tertiary/aromatic N) is 2. The summed E-state index contributed by atoms with van der Waals surface area (Å²) >= 11 is 0. The van der Waals surface area contributed by atoms with Gasteiger partial charge in [0.1, 0.15) is 0 Å². The van der Waals surface area contributed by atoms with Gasteiger partial charge in [0.25, 0.3) is 5.91 Å². The van der Waals surface area contributed by atoms with Gasteiger partial charge in [0.2, 0.25) is 0 Å². The maximum Gasteiger partial charge on any atom is 0.251 e. The van der Waals surface area contributed by atoms with Crippen LogP contribution in [0.3, 0.4) is 0 Å². The van der Waals surface area contributed by atoms with Crippen LogP contribution in [0.15, 0.2) is 18.3 Å². The van der Waals surface area contributed by atoms with Crippen molar-refractivity contribution in [1.29, 1.82) is 0 Å². The summed E-state index contributed by atoms with van der Waals surface area (Å²) in [6, 6.07) is 3.83. The van der Waals surface area contributed by atoms with E-state index in [0.29, 0.717) is 12.5 Å². The van der Waals surface area contributed by atoms with Gasteiger partial charge >= 0.3 is 0 Å². The maximum atomic E-state index is 12.6. The molecule has 1 unspecified atom stereocenters. The number of carbonyl (C=O) groups is 1. The van der Waals surface area contributed by atoms with Gasteiger partial charge in [-0.25, -0.2) is 0 Å². The van der Waals surface area contributed by atoms with Crippen LogP contribution in [0.4, 0.5) is 0 Å². The second-order valence-corrected chi connectivity index (χ2v) is 7.24. The van der Waals surface area contributed by atoms with E-state index in [1.807, 2.05) is 23.7 Å². The zero-order chi connectivity index (χ0) is 17.2. The highest BCUT2D eigenvalue weighted by Crippen LogP contribution is 2.22. The van der Waals surface area contributed by atoms with E-state index in [9.17, 15) is 4.79 Å². The summed E-state index contributed by atoms with van der Waals surface area (Å²) in [4.78, 5) is 12.6. The van der Waals surface area contributed by atoms with Crippen LogP contribution in [0.25, 0.3) is 10.9 Å². The lowest BCUT2D eigenvalue weighted by Gasteiger charge is -2.26. The van der Waals surface area contributed by atoms with Crippen molar-refractivity contribution in [3.8, 4) is 0 Å². The first-order valence-corrected chi connectivity index (χ1v) is 9.28. The van der Waals surface area contributed by atoms with Crippen molar-refractivity contribution in [2.45, 2.75) is 38.8 Å². The largest absolute Gasteiger partial charge is 0.376 e. The molecule has 4 rings (SSSR count). The van der Waals surface area contributed by atoms with Gasteiger partial charge in [-0.05, 0) is 43.9 Å². The number of aromatic nitrogens is 2. The van der Waals surface area contributed by atoms with Crippen LogP contribution in [0.1, 0.15) is 35.2 Å². The zero-order valence-corrected chi connectivity index (χ0v) is 14.8. The standard InChI is InChI=1S/C19H26N4O2/c1-13-16(19(24)21-10-15-4-2-3-7-25-15)5-6-18-17(13)12-23(22-18)11-14-8-20-9-14/h5-6,12,14-15,20H,2-4,7-11H2,1H3,(H,21,24). The van der Waals surface area contributed by atoms with Gasteiger partial charge in [-0.3, -0.25) is 9.48 Å². The summed E-state index contributed by atoms with van der Waals surface area (Å²) in [5.74, 6) is 0.636. The molecule has 2 N–H and O–H groups in total. The molecule has 2 aliphatic heterocycles. The predicted molar refractivity (Wildman–Crippen MR) is 96.8 cm³/mol. The third-order valence-electron chi connectivity index (χ3n) is 5.33. The Morgan fingerprint density at radius 2 is 2.28 bits per heavy atom. The molecule has 1 amide bonds. The Balaban J connectivity index is 1.46. The van der Waals surface area contributed by atoms with Crippen molar-refractivity contribution >= 4 is 16.8 Å². The van der Waals surface area contributed by atoms with Crippen LogP contribution in [0.2, 0.25) is 0 Å². The molecule has 2 aliphatic rings. The molecule has 25 heavy (non-hydrogen) atoms. The predicted octanol–water partition coefficient (Wildman–Crippen LogP) is 1.86. The Kier molecular flexibility index (Phi) is 4.72. The first-order valence-electron chi connectivity index (χ1n) is 9.28. The molecule has 1 aromatic carbocycles. The van der Waals surface area contributed by atoms with Gasteiger partial charge in [0.05, 0.1) is 11.6 Å². The summed E-state index contributed by atoms with van der Waals surface area (Å²) in [5, 5.41) is 12.0. The highest BCUT2D eigenvalue weighted by Gasteiger charge is 2.20. The fourth-order valence-corrected chi connectivity index (χ4v) is 3.63. The number of rotatable bonds is 5. The van der Waals surface area contributed by atoms with Crippen LogP contribution in [-0.2, 0) is 11.3 Å². The molecular weight excluding hydrogens is 316 g/mol. The second-order valence-electron chi connectivity index (χ2n) is 7.24. The third kappa shape index (κ3) is 3.55. The number of carbonyl (C=O) groups excluding carboxylic acids is 1. The molecule has 0 saturated carbocycles. The minimum Gasteiger partial charge on any atom is -0.376 e. The van der Waals surface area contributed by atoms with E-state index < -0.39 is 0 Å². The Morgan fingerprint density at radius 3 is 3.00 bits per heavy atom. The molecule has 3 heterocycles. The van der Waals surface area contributed by atoms with Gasteiger partial charge in [0, 0.05) is 55.9 Å². The molecule has 2 saturated heterocycles. The smallest absolute Gasteiger partial charge is 0.251 e. The van der Waals surface area contributed by atoms with E-state index in [-0.39, 0.29) is 12.0 Å². The topological polar surface area (TPSA) is 68.2 Å². The summed E-state index contributed by atoms with van der Waals surface area (Å²) in [6.07, 6.45) is 5.56. The summed E-state index contributed by atoms with van der Waals surface area (Å²) < 4.78 is 7.70. The lowest BCUT2D eigenvalue weighted by atomic mass is 10.0. The van der Waals surface area contributed by atoms with Gasteiger partial charge in [-0.2, -0.15) is 5.10 Å². The Morgan fingerprint density at radius 1 is 1.40 bits per heavy atom. The number of hydrogen-bond donors (Lipinski definition) is 2. The number of amides is 1. The van der Waals surface area contributed by atoms with Gasteiger partial charge in [-0.15, -0.1) is 0 Å². The number of nitrogens with one attached hydrogen (secondary N) is 2. The summed E-state index contributed by atoms with van der Waals surface area (Å²) in [7, 11) is 0. The number of ether oxygens (including phenoxy) is 1. The van der Waals surface area contributed by atoms with E-state index in [2.05, 4.69) is 21.9 Å². The van der Waals surface area contributed by atoms with Crippen molar-refractivity contribution in [2.75, 3.05) is 26.2 Å². The van der Waals surface area contributed by atoms with Crippen LogP contribution >= 0.6 is 0 Å². The quantitative estimate of drug-likeness (QED) is 0.870. The molecular formula is C19H26N4O2. The minimum atomic E-state index is -0.0236. The fraction of sp³-hybridized carbons (Fsp3) is 0.579. The van der Waals surface area contributed by atoms with Crippen LogP contribution in [0, 0.1) is 12.8 Å². The highest BCUT2D eigenvalue weighted by molar-refractivity contribution is 6.00. The number of aryl methyl sites for hydroxylation is 1. The highest BCUT2D eigenvalue weighted by atomic mass is 16.5. The average molecular weight is 342 g/mol. The average Bonchev–Trinajstić information content (AvgIpc) is 3.01. The second kappa shape index (κ2) is 7.14. The Bertz CT molecular complexity index is 760. The Hall–Kier alpha value is -1.92. The molecule has 0 radical (unpaired) electrons. The number of benzene rings is 1. The molecule has 2 aromatic rings. The van der Waals surface area contributed by atoms with E-state index in [1.54, 1.807) is 0 Å². The molecule has 0 aliphatic carbocycles. The van der Waals surface area contributed by atoms with Crippen LogP contribution in [0.5, 0.6) is 0 Å². The van der Waals surface area contributed by atoms with Gasteiger partial charge in [0.15, 0.2) is 0 Å². The van der Waals surface area contributed by atoms with E-state index >= 15 is 0 Å². The fourth-order valence-electron chi connectivity index (χ4n) is 3.63. The number of fused-ring (bicyclic) bond motifs is 1. The third-order valence-corrected chi connectivity index (χ3v) is 5.33. The van der Waals surface area contributed by atoms with Crippen molar-refractivity contribution in [3.05, 3.63) is 29.5 Å². The van der Waals surface area contributed by atoms with E-state index in [4.69, 9.17) is 4.74 Å². The molecule has 6 nitrogen and oxygen atoms in total. The molecule has 6 heteroatoms. The van der Waals surface area contributed by atoms with Crippen molar-refractivity contribution in [3.63, 3.8) is 0 Å². The first-order chi connectivity index (χ1) is 12.2. The zero-order valence-electron chi connectivity index (χ0n) is 14.8. The normalized spacial score (nSPS) is 21.2. The van der Waals surface area contributed by atoms with Gasteiger partial charge < -0.3 is 15.4 Å². The molecule has 1 atom stereocenters. The summed E-state index contributed by atoms with van der Waals surface area (Å²) in [6.45, 7) is 6.45. The summed E-state index contributed by atoms with van der Waals surface area (Å²) in [5.41, 5.74) is 2.68. The van der Waals surface area contributed by atoms with Crippen molar-refractivity contribution < 1.29 is 9.53 Å². The number of hydrogen-bond acceptors (Lipinski definition) is 4. The molecule has 1 aromatic heterocycles. The Labute approximate surface area is 147 Å². The van der Waals surface area contributed by atoms with Crippen molar-refractivity contribution in [1.82, 2.24) is 20.4 Å². The molecule has 2 fully saturated rings. The lowest BCUT2D eigenvalue weighted by molar-refractivity contribution is 0.0169. The van der Waals surface area contributed by atoms with Crippen LogP contribution in [-0.4, -0.2) is 48.0 Å². The lowest BCUT2D eigenvalue weighted by Crippen LogP contribution is -2.44. The van der Waals surface area contributed by atoms with Crippen molar-refractivity contribution in [2.24, 2.45) is 5.92 Å². The SMILES string of the molecule is Cc1c(C(=O)NCC2CCCCO2)ccc2nn(CC3CNC3)cc12. The maximum absolute atomic E-state index is 12.6. The van der Waals surface area contributed by atoms with Crippen LogP contribution < -0.4 is 10.6 Å². The molecule has 0 spiro atoms. The first kappa shape index (κ1) is 16.5. The molecule has 0 bridgehead atoms. The van der Waals surface area contributed by atoms with Gasteiger partial charge in [-0.1, -0.05) is 0 Å².